The van der Waals surface area contributed by atoms with Gasteiger partial charge in [0.2, 0.25) is 0 Å². The second-order valence-corrected chi connectivity index (χ2v) is 9.88. The zero-order chi connectivity index (χ0) is 25.5. The van der Waals surface area contributed by atoms with Crippen molar-refractivity contribution in [2.75, 3.05) is 0 Å². The van der Waals surface area contributed by atoms with Gasteiger partial charge >= 0.3 is 0 Å². The Kier molecular flexibility index (Phi) is 8.56. The number of thiophene rings is 1. The Morgan fingerprint density at radius 3 is 1.75 bits per heavy atom. The zero-order valence-corrected chi connectivity index (χ0v) is 20.5. The van der Waals surface area contributed by atoms with Gasteiger partial charge in [0.15, 0.2) is 11.6 Å². The predicted octanol–water partition coefficient (Wildman–Crippen LogP) is 9.25. The van der Waals surface area contributed by atoms with Crippen molar-refractivity contribution in [1.29, 1.82) is 5.26 Å². The summed E-state index contributed by atoms with van der Waals surface area (Å²) in [6.07, 6.45) is 6.54. The molecule has 4 rings (SSSR count). The summed E-state index contributed by atoms with van der Waals surface area (Å²) in [7, 11) is 0. The maximum absolute atomic E-state index is 14.5. The van der Waals surface area contributed by atoms with Gasteiger partial charge in [-0.3, -0.25) is 0 Å². The van der Waals surface area contributed by atoms with Crippen molar-refractivity contribution in [1.82, 2.24) is 0 Å². The normalized spacial score (nSPS) is 11.0. The molecule has 0 saturated heterocycles. The fraction of sp³-hybridized carbons (Fsp3) is 0.233. The maximum Gasteiger partial charge on any atom is 0.159 e. The van der Waals surface area contributed by atoms with Crippen LogP contribution in [0.15, 0.2) is 66.7 Å². The van der Waals surface area contributed by atoms with Gasteiger partial charge in [0.25, 0.3) is 0 Å². The molecule has 1 nitrogen and oxygen atoms in total. The fourth-order valence-electron chi connectivity index (χ4n) is 4.26. The van der Waals surface area contributed by atoms with Gasteiger partial charge in [-0.1, -0.05) is 49.6 Å². The molecule has 0 N–H and O–H groups in total. The highest BCUT2D eigenvalue weighted by Gasteiger charge is 2.11. The van der Waals surface area contributed by atoms with E-state index in [1.807, 2.05) is 12.1 Å². The summed E-state index contributed by atoms with van der Waals surface area (Å²) < 4.78 is 55.6. The topological polar surface area (TPSA) is 23.8 Å². The van der Waals surface area contributed by atoms with Crippen LogP contribution in [0.1, 0.15) is 48.1 Å². The lowest BCUT2D eigenvalue weighted by atomic mass is 9.99. The summed E-state index contributed by atoms with van der Waals surface area (Å²) in [5.41, 5.74) is 2.93. The zero-order valence-electron chi connectivity index (χ0n) is 19.7. The standard InChI is InChI=1S/C30H25F4NS/c31-26-14-10-22(18-29(26)34)24-12-8-20(16-27(24)32)6-4-2-1-3-5-7-21-9-13-25(28(33)17-21)30-15-11-23(19-35)36-30/h8-18H,1-7H2. The Morgan fingerprint density at radius 2 is 1.19 bits per heavy atom. The van der Waals surface area contributed by atoms with Crippen LogP contribution in [0.25, 0.3) is 21.6 Å². The van der Waals surface area contributed by atoms with Gasteiger partial charge in [0.1, 0.15) is 22.6 Å². The summed E-state index contributed by atoms with van der Waals surface area (Å²) in [6, 6.07) is 19.2. The number of unbranched alkanes of at least 4 members (excludes halogenated alkanes) is 4. The minimum absolute atomic E-state index is 0.254. The number of nitriles is 1. The largest absolute Gasteiger partial charge is 0.206 e. The first-order chi connectivity index (χ1) is 17.4. The molecule has 1 heterocycles. The highest BCUT2D eigenvalue weighted by molar-refractivity contribution is 7.16. The first-order valence-corrected chi connectivity index (χ1v) is 12.8. The number of aryl methyl sites for hydroxylation is 2. The van der Waals surface area contributed by atoms with Gasteiger partial charge in [-0.2, -0.15) is 5.26 Å². The number of benzene rings is 3. The van der Waals surface area contributed by atoms with E-state index >= 15 is 0 Å². The fourth-order valence-corrected chi connectivity index (χ4v) is 5.09. The summed E-state index contributed by atoms with van der Waals surface area (Å²) in [4.78, 5) is 1.33. The molecule has 0 saturated carbocycles. The first-order valence-electron chi connectivity index (χ1n) is 12.0. The number of hydrogen-bond donors (Lipinski definition) is 0. The molecule has 184 valence electrons. The maximum atomic E-state index is 14.5. The average Bonchev–Trinajstić information content (AvgIpc) is 3.34. The molecule has 0 spiro atoms. The van der Waals surface area contributed by atoms with Crippen LogP contribution >= 0.6 is 11.3 Å². The van der Waals surface area contributed by atoms with E-state index < -0.39 is 17.5 Å². The molecule has 0 radical (unpaired) electrons. The monoisotopic (exact) mass is 507 g/mol. The van der Waals surface area contributed by atoms with Crippen molar-refractivity contribution < 1.29 is 17.6 Å². The van der Waals surface area contributed by atoms with E-state index in [4.69, 9.17) is 5.26 Å². The lowest BCUT2D eigenvalue weighted by molar-refractivity contribution is 0.509. The van der Waals surface area contributed by atoms with Crippen LogP contribution in [0, 0.1) is 34.6 Å². The molecule has 1 aromatic heterocycles. The van der Waals surface area contributed by atoms with E-state index in [0.717, 1.165) is 73.1 Å². The molecule has 6 heteroatoms. The highest BCUT2D eigenvalue weighted by Crippen LogP contribution is 2.31. The Bertz CT molecular complexity index is 1390. The highest BCUT2D eigenvalue weighted by atomic mass is 32.1. The lowest BCUT2D eigenvalue weighted by Crippen LogP contribution is -1.93. The predicted molar refractivity (Wildman–Crippen MR) is 137 cm³/mol. The number of hydrogen-bond acceptors (Lipinski definition) is 2. The Balaban J connectivity index is 1.18. The lowest BCUT2D eigenvalue weighted by Gasteiger charge is -2.08. The molecular weight excluding hydrogens is 482 g/mol. The molecule has 36 heavy (non-hydrogen) atoms. The molecule has 0 aliphatic rings. The van der Waals surface area contributed by atoms with E-state index in [1.165, 1.54) is 23.5 Å². The molecule has 0 amide bonds. The Labute approximate surface area is 212 Å². The third-order valence-electron chi connectivity index (χ3n) is 6.21. The van der Waals surface area contributed by atoms with Crippen LogP contribution in [0.3, 0.4) is 0 Å². The third-order valence-corrected chi connectivity index (χ3v) is 7.23. The van der Waals surface area contributed by atoms with Crippen molar-refractivity contribution in [2.45, 2.75) is 44.9 Å². The van der Waals surface area contributed by atoms with E-state index in [-0.39, 0.29) is 11.4 Å². The van der Waals surface area contributed by atoms with E-state index in [2.05, 4.69) is 6.07 Å². The van der Waals surface area contributed by atoms with Gasteiger partial charge < -0.3 is 0 Å². The molecular formula is C30H25F4NS. The van der Waals surface area contributed by atoms with Crippen LogP contribution in [0.5, 0.6) is 0 Å². The molecule has 0 bridgehead atoms. The smallest absolute Gasteiger partial charge is 0.159 e. The van der Waals surface area contributed by atoms with E-state index in [1.54, 1.807) is 30.3 Å². The van der Waals surface area contributed by atoms with Crippen molar-refractivity contribution >= 4 is 11.3 Å². The first kappa shape index (κ1) is 25.7. The molecule has 0 aliphatic heterocycles. The van der Waals surface area contributed by atoms with Crippen LogP contribution in [0.4, 0.5) is 17.6 Å². The quantitative estimate of drug-likeness (QED) is 0.155. The summed E-state index contributed by atoms with van der Waals surface area (Å²) in [5, 5.41) is 8.95. The second kappa shape index (κ2) is 12.0. The summed E-state index contributed by atoms with van der Waals surface area (Å²) in [5.74, 6) is -2.65. The third kappa shape index (κ3) is 6.41. The Morgan fingerprint density at radius 1 is 0.583 bits per heavy atom. The number of rotatable bonds is 10. The van der Waals surface area contributed by atoms with Gasteiger partial charge in [-0.05, 0) is 78.8 Å². The molecule has 0 fully saturated rings. The van der Waals surface area contributed by atoms with Crippen molar-refractivity contribution in [3.8, 4) is 27.6 Å². The summed E-state index contributed by atoms with van der Waals surface area (Å²) >= 11 is 1.29. The average molecular weight is 508 g/mol. The molecule has 0 unspecified atom stereocenters. The minimum Gasteiger partial charge on any atom is -0.206 e. The van der Waals surface area contributed by atoms with Crippen LogP contribution in [-0.2, 0) is 12.8 Å². The number of nitrogens with zero attached hydrogens (tertiary/aromatic N) is 1. The Hall–Kier alpha value is -3.43. The molecule has 0 aliphatic carbocycles. The van der Waals surface area contributed by atoms with Crippen LogP contribution in [0.2, 0.25) is 0 Å². The van der Waals surface area contributed by atoms with Crippen molar-refractivity contribution in [2.24, 2.45) is 0 Å². The van der Waals surface area contributed by atoms with Crippen LogP contribution < -0.4 is 0 Å². The molecule has 3 aromatic carbocycles. The van der Waals surface area contributed by atoms with Gasteiger partial charge in [0.05, 0.1) is 0 Å². The van der Waals surface area contributed by atoms with Crippen molar-refractivity contribution in [3.63, 3.8) is 0 Å². The molecule has 4 aromatic rings. The van der Waals surface area contributed by atoms with Crippen molar-refractivity contribution in [3.05, 3.63) is 106 Å². The number of halogens is 4. The van der Waals surface area contributed by atoms with E-state index in [9.17, 15) is 17.6 Å². The molecule has 0 atom stereocenters. The van der Waals surface area contributed by atoms with Gasteiger partial charge in [-0.15, -0.1) is 11.3 Å². The minimum atomic E-state index is -0.994. The SMILES string of the molecule is N#Cc1ccc(-c2ccc(CCCCCCCc3ccc(-c4ccc(F)c(F)c4)c(F)c3)cc2F)s1. The van der Waals surface area contributed by atoms with Gasteiger partial charge in [-0.25, -0.2) is 17.6 Å². The van der Waals surface area contributed by atoms with E-state index in [0.29, 0.717) is 16.0 Å². The van der Waals surface area contributed by atoms with Gasteiger partial charge in [0, 0.05) is 16.0 Å². The van der Waals surface area contributed by atoms with Crippen LogP contribution in [-0.4, -0.2) is 0 Å². The summed E-state index contributed by atoms with van der Waals surface area (Å²) in [6.45, 7) is 0. The second-order valence-electron chi connectivity index (χ2n) is 8.80.